The molecular formula is C32H38N4O5S. The van der Waals surface area contributed by atoms with Crippen molar-refractivity contribution in [2.24, 2.45) is 5.73 Å². The van der Waals surface area contributed by atoms with E-state index in [2.05, 4.69) is 16.0 Å². The van der Waals surface area contributed by atoms with Crippen LogP contribution in [0.4, 0.5) is 0 Å². The first kappa shape index (κ1) is 32.4. The summed E-state index contributed by atoms with van der Waals surface area (Å²) in [5.74, 6) is -2.29. The predicted molar refractivity (Wildman–Crippen MR) is 165 cm³/mol. The Morgan fingerprint density at radius 2 is 1.05 bits per heavy atom. The molecular weight excluding hydrogens is 552 g/mol. The van der Waals surface area contributed by atoms with Gasteiger partial charge in [-0.25, -0.2) is 4.79 Å². The largest absolute Gasteiger partial charge is 0.480 e. The molecule has 0 spiro atoms. The number of nitrogens with two attached hydrogens (primary N) is 1. The Hall–Kier alpha value is -4.15. The minimum absolute atomic E-state index is 0.0943. The second kappa shape index (κ2) is 17.0. The van der Waals surface area contributed by atoms with Crippen LogP contribution in [0.5, 0.6) is 0 Å². The average molecular weight is 591 g/mol. The maximum atomic E-state index is 13.6. The highest BCUT2D eigenvalue weighted by Gasteiger charge is 2.30. The fraction of sp³-hybridized carbons (Fsp3) is 0.312. The smallest absolute Gasteiger partial charge is 0.326 e. The van der Waals surface area contributed by atoms with Gasteiger partial charge in [-0.1, -0.05) is 91.0 Å². The molecule has 0 aromatic heterocycles. The highest BCUT2D eigenvalue weighted by Crippen LogP contribution is 2.09. The van der Waals surface area contributed by atoms with Gasteiger partial charge < -0.3 is 26.8 Å². The maximum absolute atomic E-state index is 13.6. The number of thioether (sulfide) groups is 1. The number of benzene rings is 3. The Kier molecular flexibility index (Phi) is 13.1. The molecule has 3 rings (SSSR count). The number of carbonyl (C=O) groups excluding carboxylic acids is 3. The molecule has 0 fully saturated rings. The van der Waals surface area contributed by atoms with E-state index < -0.39 is 47.9 Å². The second-order valence-electron chi connectivity index (χ2n) is 9.98. The number of nitrogens with one attached hydrogen (secondary N) is 3. The van der Waals surface area contributed by atoms with Crippen LogP contribution >= 0.6 is 11.8 Å². The molecule has 0 radical (unpaired) electrons. The highest BCUT2D eigenvalue weighted by atomic mass is 32.2. The van der Waals surface area contributed by atoms with Crippen LogP contribution in [0.25, 0.3) is 0 Å². The van der Waals surface area contributed by atoms with Crippen LogP contribution in [0, 0.1) is 0 Å². The minimum atomic E-state index is -1.18. The van der Waals surface area contributed by atoms with Gasteiger partial charge in [0.15, 0.2) is 0 Å². The van der Waals surface area contributed by atoms with Gasteiger partial charge in [0, 0.05) is 12.8 Å². The number of carboxylic acid groups (broad SMARTS) is 1. The molecule has 222 valence electrons. The van der Waals surface area contributed by atoms with Gasteiger partial charge in [0.05, 0.1) is 6.04 Å². The van der Waals surface area contributed by atoms with E-state index in [1.54, 1.807) is 24.3 Å². The van der Waals surface area contributed by atoms with Gasteiger partial charge in [-0.2, -0.15) is 11.8 Å². The molecule has 6 N–H and O–H groups in total. The summed E-state index contributed by atoms with van der Waals surface area (Å²) in [5, 5.41) is 17.9. The molecule has 3 amide bonds. The van der Waals surface area contributed by atoms with E-state index in [0.717, 1.165) is 16.7 Å². The number of carbonyl (C=O) groups is 4. The molecule has 0 heterocycles. The number of carboxylic acids is 1. The van der Waals surface area contributed by atoms with Crippen molar-refractivity contribution in [1.82, 2.24) is 16.0 Å². The Morgan fingerprint density at radius 3 is 1.52 bits per heavy atom. The summed E-state index contributed by atoms with van der Waals surface area (Å²) >= 11 is 1.49. The fourth-order valence-electron chi connectivity index (χ4n) is 4.40. The summed E-state index contributed by atoms with van der Waals surface area (Å²) in [5.41, 5.74) is 8.65. The first-order valence-electron chi connectivity index (χ1n) is 13.8. The molecule has 0 saturated carbocycles. The zero-order valence-corrected chi connectivity index (χ0v) is 24.4. The lowest BCUT2D eigenvalue weighted by molar-refractivity contribution is -0.142. The molecule has 0 saturated heterocycles. The number of hydrogen-bond donors (Lipinski definition) is 5. The summed E-state index contributed by atoms with van der Waals surface area (Å²) in [4.78, 5) is 51.9. The Balaban J connectivity index is 1.74. The zero-order valence-electron chi connectivity index (χ0n) is 23.6. The van der Waals surface area contributed by atoms with E-state index in [0.29, 0.717) is 12.2 Å². The summed E-state index contributed by atoms with van der Waals surface area (Å²) in [7, 11) is 0. The summed E-state index contributed by atoms with van der Waals surface area (Å²) < 4.78 is 0. The molecule has 0 aliphatic rings. The van der Waals surface area contributed by atoms with Crippen molar-refractivity contribution in [1.29, 1.82) is 0 Å². The van der Waals surface area contributed by atoms with E-state index in [9.17, 15) is 24.3 Å². The molecule has 3 aromatic carbocycles. The fourth-order valence-corrected chi connectivity index (χ4v) is 4.87. The molecule has 0 aliphatic heterocycles. The monoisotopic (exact) mass is 590 g/mol. The third-order valence-corrected chi connectivity index (χ3v) is 7.34. The lowest BCUT2D eigenvalue weighted by atomic mass is 10.0. The zero-order chi connectivity index (χ0) is 30.3. The van der Waals surface area contributed by atoms with Crippen LogP contribution in [0.2, 0.25) is 0 Å². The van der Waals surface area contributed by atoms with E-state index in [4.69, 9.17) is 5.73 Å². The molecule has 4 unspecified atom stereocenters. The van der Waals surface area contributed by atoms with Crippen molar-refractivity contribution in [2.45, 2.75) is 49.9 Å². The van der Waals surface area contributed by atoms with Crippen LogP contribution in [-0.4, -0.2) is 65.0 Å². The Bertz CT molecular complexity index is 1290. The number of aliphatic carboxylic acids is 1. The minimum Gasteiger partial charge on any atom is -0.480 e. The average Bonchev–Trinajstić information content (AvgIpc) is 2.99. The normalized spacial score (nSPS) is 13.7. The van der Waals surface area contributed by atoms with Crippen molar-refractivity contribution < 1.29 is 24.3 Å². The van der Waals surface area contributed by atoms with Crippen LogP contribution in [0.3, 0.4) is 0 Å². The van der Waals surface area contributed by atoms with Crippen molar-refractivity contribution in [3.63, 3.8) is 0 Å². The van der Waals surface area contributed by atoms with Crippen molar-refractivity contribution in [2.75, 3.05) is 12.0 Å². The molecule has 9 nitrogen and oxygen atoms in total. The summed E-state index contributed by atoms with van der Waals surface area (Å²) in [6, 6.07) is 23.5. The standard InChI is InChI=1S/C32H38N4O5S/c1-42-18-17-26(30(38)36-28(32(40)41)21-24-15-9-4-10-16-24)34-31(39)27(20-23-13-7-3-8-14-23)35-29(37)25(33)19-22-11-5-2-6-12-22/h2-16,25-28H,17-21,33H2,1H3,(H,34,39)(H,35,37)(H,36,38)(H,40,41). The first-order chi connectivity index (χ1) is 20.3. The molecule has 10 heteroatoms. The van der Waals surface area contributed by atoms with Crippen LogP contribution in [0.15, 0.2) is 91.0 Å². The third-order valence-electron chi connectivity index (χ3n) is 6.69. The van der Waals surface area contributed by atoms with Gasteiger partial charge in [0.2, 0.25) is 17.7 Å². The molecule has 0 aliphatic carbocycles. The van der Waals surface area contributed by atoms with E-state index >= 15 is 0 Å². The molecule has 42 heavy (non-hydrogen) atoms. The third kappa shape index (κ3) is 10.7. The SMILES string of the molecule is CSCCC(NC(=O)C(Cc1ccccc1)NC(=O)C(N)Cc1ccccc1)C(=O)NC(Cc1ccccc1)C(=O)O. The van der Waals surface area contributed by atoms with Gasteiger partial charge in [0.25, 0.3) is 0 Å². The van der Waals surface area contributed by atoms with E-state index in [1.807, 2.05) is 73.0 Å². The Labute approximate surface area is 250 Å². The van der Waals surface area contributed by atoms with Crippen molar-refractivity contribution >= 4 is 35.5 Å². The Morgan fingerprint density at radius 1 is 0.643 bits per heavy atom. The maximum Gasteiger partial charge on any atom is 0.326 e. The van der Waals surface area contributed by atoms with Crippen molar-refractivity contribution in [3.8, 4) is 0 Å². The van der Waals surface area contributed by atoms with Crippen LogP contribution in [0.1, 0.15) is 23.1 Å². The van der Waals surface area contributed by atoms with Gasteiger partial charge in [0.1, 0.15) is 18.1 Å². The van der Waals surface area contributed by atoms with Gasteiger partial charge in [-0.05, 0) is 41.5 Å². The number of rotatable bonds is 16. The van der Waals surface area contributed by atoms with Gasteiger partial charge in [-0.3, -0.25) is 14.4 Å². The predicted octanol–water partition coefficient (Wildman–Crippen LogP) is 2.33. The number of amides is 3. The van der Waals surface area contributed by atoms with E-state index in [-0.39, 0.29) is 19.3 Å². The van der Waals surface area contributed by atoms with Crippen LogP contribution in [-0.2, 0) is 38.4 Å². The highest BCUT2D eigenvalue weighted by molar-refractivity contribution is 7.98. The van der Waals surface area contributed by atoms with Crippen LogP contribution < -0.4 is 21.7 Å². The lowest BCUT2D eigenvalue weighted by Gasteiger charge is -2.25. The summed E-state index contributed by atoms with van der Waals surface area (Å²) in [6.07, 6.45) is 2.72. The topological polar surface area (TPSA) is 151 Å². The van der Waals surface area contributed by atoms with Gasteiger partial charge >= 0.3 is 5.97 Å². The van der Waals surface area contributed by atoms with E-state index in [1.165, 1.54) is 11.8 Å². The molecule has 3 aromatic rings. The first-order valence-corrected chi connectivity index (χ1v) is 15.2. The molecule has 0 bridgehead atoms. The van der Waals surface area contributed by atoms with Gasteiger partial charge in [-0.15, -0.1) is 0 Å². The van der Waals surface area contributed by atoms with Crippen molar-refractivity contribution in [3.05, 3.63) is 108 Å². The number of hydrogen-bond acceptors (Lipinski definition) is 6. The quantitative estimate of drug-likeness (QED) is 0.172. The lowest BCUT2D eigenvalue weighted by Crippen LogP contribution is -2.58. The summed E-state index contributed by atoms with van der Waals surface area (Å²) in [6.45, 7) is 0. The molecule has 4 atom stereocenters. The second-order valence-corrected chi connectivity index (χ2v) is 11.0.